The summed E-state index contributed by atoms with van der Waals surface area (Å²) >= 11 is 0. The van der Waals surface area contributed by atoms with Gasteiger partial charge in [0.25, 0.3) is 0 Å². The van der Waals surface area contributed by atoms with Crippen molar-refractivity contribution in [1.82, 2.24) is 9.97 Å². The predicted octanol–water partition coefficient (Wildman–Crippen LogP) is 2.16. The quantitative estimate of drug-likeness (QED) is 0.867. The van der Waals surface area contributed by atoms with Gasteiger partial charge in [-0.3, -0.25) is 0 Å². The molecule has 0 saturated heterocycles. The number of nitrogens with two attached hydrogens (primary N) is 1. The molecule has 0 aliphatic rings. The molecule has 2 aromatic rings. The van der Waals surface area contributed by atoms with Crippen LogP contribution in [0.25, 0.3) is 0 Å². The molecular weight excluding hydrogens is 231 g/mol. The molecule has 0 spiro atoms. The van der Waals surface area contributed by atoms with Gasteiger partial charge in [0.15, 0.2) is 0 Å². The second-order valence-electron chi connectivity index (χ2n) is 4.07. The lowest BCUT2D eigenvalue weighted by Crippen LogP contribution is -2.08. The van der Waals surface area contributed by atoms with Gasteiger partial charge in [0.05, 0.1) is 12.4 Å². The van der Waals surface area contributed by atoms with Crippen LogP contribution in [0.15, 0.2) is 30.6 Å². The molecule has 0 radical (unpaired) electrons. The molecule has 1 aromatic heterocycles. The highest BCUT2D eigenvalue weighted by molar-refractivity contribution is 5.36. The van der Waals surface area contributed by atoms with Crippen molar-refractivity contribution >= 4 is 11.6 Å². The Balaban J connectivity index is 1.90. The lowest BCUT2D eigenvalue weighted by atomic mass is 10.1. The van der Waals surface area contributed by atoms with E-state index in [2.05, 4.69) is 15.3 Å². The smallest absolute Gasteiger partial charge is 0.144 e. The molecule has 0 amide bonds. The van der Waals surface area contributed by atoms with E-state index in [4.69, 9.17) is 5.73 Å². The molecule has 0 unspecified atom stereocenters. The molecule has 1 heterocycles. The lowest BCUT2D eigenvalue weighted by Gasteiger charge is -2.07. The first kappa shape index (κ1) is 12.3. The molecule has 3 N–H and O–H groups in total. The Morgan fingerprint density at radius 1 is 1.28 bits per heavy atom. The number of nitrogens with zero attached hydrogens (tertiary/aromatic N) is 2. The predicted molar refractivity (Wildman–Crippen MR) is 69.8 cm³/mol. The first-order valence-corrected chi connectivity index (χ1v) is 5.71. The molecule has 0 bridgehead atoms. The molecule has 0 aliphatic carbocycles. The zero-order chi connectivity index (χ0) is 13.0. The monoisotopic (exact) mass is 246 g/mol. The van der Waals surface area contributed by atoms with E-state index in [1.54, 1.807) is 18.3 Å². The van der Waals surface area contributed by atoms with Crippen LogP contribution < -0.4 is 11.1 Å². The third-order valence-corrected chi connectivity index (χ3v) is 2.68. The Bertz CT molecular complexity index is 525. The molecule has 1 aromatic carbocycles. The molecule has 0 atom stereocenters. The molecule has 4 nitrogen and oxygen atoms in total. The van der Waals surface area contributed by atoms with Crippen LogP contribution in [0, 0.1) is 12.7 Å². The van der Waals surface area contributed by atoms with Crippen molar-refractivity contribution in [3.05, 3.63) is 47.5 Å². The minimum absolute atomic E-state index is 0.200. The van der Waals surface area contributed by atoms with Crippen LogP contribution in [-0.4, -0.2) is 16.5 Å². The van der Waals surface area contributed by atoms with E-state index in [1.807, 2.05) is 6.92 Å². The summed E-state index contributed by atoms with van der Waals surface area (Å²) in [6.45, 7) is 2.62. The number of benzene rings is 1. The highest BCUT2D eigenvalue weighted by Crippen LogP contribution is 2.11. The topological polar surface area (TPSA) is 63.8 Å². The lowest BCUT2D eigenvalue weighted by molar-refractivity contribution is 0.625. The third kappa shape index (κ3) is 3.16. The Morgan fingerprint density at radius 3 is 2.78 bits per heavy atom. The number of nitrogen functional groups attached to an aromatic ring is 1. The largest absolute Gasteiger partial charge is 0.382 e. The van der Waals surface area contributed by atoms with Crippen molar-refractivity contribution in [2.45, 2.75) is 13.3 Å². The van der Waals surface area contributed by atoms with Crippen molar-refractivity contribution in [2.24, 2.45) is 0 Å². The maximum Gasteiger partial charge on any atom is 0.144 e. The summed E-state index contributed by atoms with van der Waals surface area (Å²) in [4.78, 5) is 8.02. The number of anilines is 2. The van der Waals surface area contributed by atoms with E-state index in [0.29, 0.717) is 18.2 Å². The second-order valence-corrected chi connectivity index (χ2v) is 4.07. The summed E-state index contributed by atoms with van der Waals surface area (Å²) < 4.78 is 12.9. The van der Waals surface area contributed by atoms with E-state index in [1.165, 1.54) is 12.3 Å². The average Bonchev–Trinajstić information content (AvgIpc) is 2.34. The van der Waals surface area contributed by atoms with Crippen molar-refractivity contribution in [3.63, 3.8) is 0 Å². The van der Waals surface area contributed by atoms with Crippen LogP contribution in [0.2, 0.25) is 0 Å². The van der Waals surface area contributed by atoms with E-state index in [-0.39, 0.29) is 5.82 Å². The van der Waals surface area contributed by atoms with Gasteiger partial charge in [0.1, 0.15) is 17.5 Å². The maximum atomic E-state index is 12.9. The highest BCUT2D eigenvalue weighted by atomic mass is 19.1. The van der Waals surface area contributed by atoms with Crippen molar-refractivity contribution in [1.29, 1.82) is 0 Å². The summed E-state index contributed by atoms with van der Waals surface area (Å²) in [6.07, 6.45) is 3.90. The zero-order valence-corrected chi connectivity index (χ0v) is 10.2. The van der Waals surface area contributed by atoms with Crippen LogP contribution >= 0.6 is 0 Å². The number of aromatic nitrogens is 2. The van der Waals surface area contributed by atoms with Gasteiger partial charge < -0.3 is 11.1 Å². The van der Waals surface area contributed by atoms with Crippen molar-refractivity contribution < 1.29 is 4.39 Å². The first-order valence-electron chi connectivity index (χ1n) is 5.71. The molecule has 0 saturated carbocycles. The standard InChI is InChI=1S/C13H15FN4/c1-9-6-11(14)3-2-10(9)4-5-16-13-8-17-12(15)7-18-13/h2-3,6-8H,4-5H2,1H3,(H2,15,17)(H,16,18). The maximum absolute atomic E-state index is 12.9. The van der Waals surface area contributed by atoms with Gasteiger partial charge in [0.2, 0.25) is 0 Å². The van der Waals surface area contributed by atoms with Crippen LogP contribution in [0.3, 0.4) is 0 Å². The van der Waals surface area contributed by atoms with Gasteiger partial charge >= 0.3 is 0 Å². The number of nitrogens with one attached hydrogen (secondary N) is 1. The summed E-state index contributed by atoms with van der Waals surface area (Å²) in [5.74, 6) is 0.882. The molecule has 94 valence electrons. The first-order chi connectivity index (χ1) is 8.65. The van der Waals surface area contributed by atoms with Crippen LogP contribution in [0.4, 0.5) is 16.0 Å². The van der Waals surface area contributed by atoms with E-state index < -0.39 is 0 Å². The van der Waals surface area contributed by atoms with Gasteiger partial charge in [-0.15, -0.1) is 0 Å². The van der Waals surface area contributed by atoms with E-state index in [9.17, 15) is 4.39 Å². The van der Waals surface area contributed by atoms with E-state index >= 15 is 0 Å². The van der Waals surface area contributed by atoms with Gasteiger partial charge in [-0.2, -0.15) is 0 Å². The number of aryl methyl sites for hydroxylation is 1. The summed E-state index contributed by atoms with van der Waals surface area (Å²) in [7, 11) is 0. The van der Waals surface area contributed by atoms with Crippen molar-refractivity contribution in [3.8, 4) is 0 Å². The third-order valence-electron chi connectivity index (χ3n) is 2.68. The van der Waals surface area contributed by atoms with E-state index in [0.717, 1.165) is 17.5 Å². The summed E-state index contributed by atoms with van der Waals surface area (Å²) in [6, 6.07) is 4.82. The van der Waals surface area contributed by atoms with Gasteiger partial charge in [-0.25, -0.2) is 14.4 Å². The zero-order valence-electron chi connectivity index (χ0n) is 10.2. The molecule has 5 heteroatoms. The van der Waals surface area contributed by atoms with Crippen molar-refractivity contribution in [2.75, 3.05) is 17.6 Å². The van der Waals surface area contributed by atoms with Crippen LogP contribution in [0.1, 0.15) is 11.1 Å². The number of hydrogen-bond acceptors (Lipinski definition) is 4. The molecular formula is C13H15FN4. The Labute approximate surface area is 105 Å². The second kappa shape index (κ2) is 5.44. The SMILES string of the molecule is Cc1cc(F)ccc1CCNc1cnc(N)cn1. The van der Waals surface area contributed by atoms with Gasteiger partial charge in [-0.05, 0) is 36.6 Å². The fourth-order valence-electron chi connectivity index (χ4n) is 1.69. The van der Waals surface area contributed by atoms with Gasteiger partial charge in [0, 0.05) is 6.54 Å². The Kier molecular flexibility index (Phi) is 3.72. The number of hydrogen-bond donors (Lipinski definition) is 2. The summed E-state index contributed by atoms with van der Waals surface area (Å²) in [5.41, 5.74) is 7.52. The average molecular weight is 246 g/mol. The fourth-order valence-corrected chi connectivity index (χ4v) is 1.69. The number of rotatable bonds is 4. The molecule has 0 aliphatic heterocycles. The molecule has 18 heavy (non-hydrogen) atoms. The van der Waals surface area contributed by atoms with Gasteiger partial charge in [-0.1, -0.05) is 6.07 Å². The Hall–Kier alpha value is -2.17. The fraction of sp³-hybridized carbons (Fsp3) is 0.231. The molecule has 0 fully saturated rings. The summed E-state index contributed by atoms with van der Waals surface area (Å²) in [5, 5.41) is 3.14. The Morgan fingerprint density at radius 2 is 2.11 bits per heavy atom. The highest BCUT2D eigenvalue weighted by Gasteiger charge is 2.00. The van der Waals surface area contributed by atoms with Crippen LogP contribution in [-0.2, 0) is 6.42 Å². The number of halogens is 1. The minimum Gasteiger partial charge on any atom is -0.382 e. The van der Waals surface area contributed by atoms with Crippen LogP contribution in [0.5, 0.6) is 0 Å². The molecule has 2 rings (SSSR count). The minimum atomic E-state index is -0.200. The normalized spacial score (nSPS) is 10.3.